The smallest absolute Gasteiger partial charge is 0.220 e. The summed E-state index contributed by atoms with van der Waals surface area (Å²) in [5.74, 6) is -0.271. The molecule has 3 aliphatic heterocycles. The van der Waals surface area contributed by atoms with E-state index < -0.39 is 124 Å². The average molecular weight is 1470 g/mol. The Hall–Kier alpha value is -1.99. The van der Waals surface area contributed by atoms with Crippen molar-refractivity contribution in [3.63, 3.8) is 0 Å². The number of allylic oxidation sites excluding steroid dienone is 5. The van der Waals surface area contributed by atoms with Gasteiger partial charge in [-0.05, 0) is 51.4 Å². The number of amides is 1. The molecule has 0 spiro atoms. The first kappa shape index (κ1) is 95.2. The van der Waals surface area contributed by atoms with Gasteiger partial charge in [0.25, 0.3) is 0 Å². The first-order valence-corrected chi connectivity index (χ1v) is 42.7. The van der Waals surface area contributed by atoms with E-state index in [0.29, 0.717) is 6.42 Å². The van der Waals surface area contributed by atoms with Crippen LogP contribution < -0.4 is 5.32 Å². The normalized spacial score (nSPS) is 26.2. The van der Waals surface area contributed by atoms with Gasteiger partial charge in [-0.1, -0.05) is 339 Å². The highest BCUT2D eigenvalue weighted by Crippen LogP contribution is 2.33. The van der Waals surface area contributed by atoms with Gasteiger partial charge in [-0.3, -0.25) is 4.79 Å². The number of rotatable bonds is 69. The summed E-state index contributed by atoms with van der Waals surface area (Å²) in [6.45, 7) is 1.78. The van der Waals surface area contributed by atoms with Gasteiger partial charge in [0.15, 0.2) is 18.9 Å². The summed E-state index contributed by atoms with van der Waals surface area (Å²) in [5, 5.41) is 121. The van der Waals surface area contributed by atoms with Gasteiger partial charge in [-0.2, -0.15) is 0 Å². The number of unbranched alkanes of at least 4 members (excludes halogenated alkanes) is 49. The minimum absolute atomic E-state index is 0.244. The number of aliphatic hydroxyl groups is 11. The topological polar surface area (TPSA) is 307 Å². The van der Waals surface area contributed by atoms with Gasteiger partial charge in [0.1, 0.15) is 73.2 Å². The van der Waals surface area contributed by atoms with Crippen molar-refractivity contribution >= 4 is 5.91 Å². The average Bonchev–Trinajstić information content (AvgIpc) is 0.781. The van der Waals surface area contributed by atoms with E-state index in [9.17, 15) is 61.0 Å². The van der Waals surface area contributed by atoms with Crippen LogP contribution in [-0.2, 0) is 33.2 Å². The third-order valence-corrected chi connectivity index (χ3v) is 21.4. The van der Waals surface area contributed by atoms with Crippen molar-refractivity contribution < 1.29 is 89.4 Å². The Kier molecular flexibility index (Phi) is 59.9. The van der Waals surface area contributed by atoms with Crippen LogP contribution in [0.3, 0.4) is 0 Å². The molecule has 19 nitrogen and oxygen atoms in total. The second-order valence-corrected chi connectivity index (χ2v) is 30.6. The molecule has 0 saturated carbocycles. The van der Waals surface area contributed by atoms with E-state index >= 15 is 0 Å². The predicted molar refractivity (Wildman–Crippen MR) is 411 cm³/mol. The molecule has 0 bridgehead atoms. The Morgan fingerprint density at radius 1 is 0.350 bits per heavy atom. The second-order valence-electron chi connectivity index (χ2n) is 30.6. The quantitative estimate of drug-likeness (QED) is 0.0199. The van der Waals surface area contributed by atoms with Gasteiger partial charge in [-0.15, -0.1) is 0 Å². The molecule has 3 saturated heterocycles. The van der Waals surface area contributed by atoms with E-state index in [1.165, 1.54) is 283 Å². The largest absolute Gasteiger partial charge is 0.394 e. The first-order valence-electron chi connectivity index (χ1n) is 42.7. The van der Waals surface area contributed by atoms with Crippen molar-refractivity contribution in [3.05, 3.63) is 36.5 Å². The molecule has 3 heterocycles. The van der Waals surface area contributed by atoms with Gasteiger partial charge in [0.2, 0.25) is 5.91 Å². The van der Waals surface area contributed by atoms with E-state index in [2.05, 4.69) is 43.5 Å². The minimum Gasteiger partial charge on any atom is -0.394 e. The second kappa shape index (κ2) is 64.8. The van der Waals surface area contributed by atoms with E-state index in [-0.39, 0.29) is 18.9 Å². The molecule has 0 aromatic rings. The van der Waals surface area contributed by atoms with Crippen molar-refractivity contribution in [2.24, 2.45) is 0 Å². The fourth-order valence-corrected chi connectivity index (χ4v) is 14.6. The summed E-state index contributed by atoms with van der Waals surface area (Å²) in [6, 6.07) is -0.975. The molecule has 17 unspecified atom stereocenters. The van der Waals surface area contributed by atoms with Crippen molar-refractivity contribution in [2.45, 2.75) is 465 Å². The minimum atomic E-state index is -1.98. The van der Waals surface area contributed by atoms with E-state index in [4.69, 9.17) is 28.4 Å². The lowest BCUT2D eigenvalue weighted by atomic mass is 9.96. The Bertz CT molecular complexity index is 2000. The van der Waals surface area contributed by atoms with Crippen LogP contribution in [0, 0.1) is 0 Å². The molecule has 1 amide bonds. The first-order chi connectivity index (χ1) is 50.3. The van der Waals surface area contributed by atoms with Crippen molar-refractivity contribution in [2.75, 3.05) is 26.4 Å². The zero-order valence-corrected chi connectivity index (χ0v) is 65.1. The SMILES string of the molecule is CCCCCCC/C=C\C/C=C\CCCCCCCCCCCCCCCC(=O)NC(COC1OC(CO)C(OC2OC(CO)C(OC3OC(CO)C(O)C(O)C3O)C(O)C2O)C(O)C1O)C(O)/C=C/CCCCCCCCCCCCCCCCCCCCCCCCCCCCCCCCC. The van der Waals surface area contributed by atoms with Crippen LogP contribution in [0.2, 0.25) is 0 Å². The highest BCUT2D eigenvalue weighted by Gasteiger charge is 2.54. The van der Waals surface area contributed by atoms with E-state index in [0.717, 1.165) is 51.4 Å². The van der Waals surface area contributed by atoms with Crippen LogP contribution in [-0.4, -0.2) is 193 Å². The van der Waals surface area contributed by atoms with Crippen LogP contribution in [0.5, 0.6) is 0 Å². The Morgan fingerprint density at radius 3 is 0.990 bits per heavy atom. The lowest BCUT2D eigenvalue weighted by molar-refractivity contribution is -0.379. The molecule has 17 atom stereocenters. The highest BCUT2D eigenvalue weighted by molar-refractivity contribution is 5.76. The summed E-state index contributed by atoms with van der Waals surface area (Å²) in [5.41, 5.74) is 0. The van der Waals surface area contributed by atoms with Crippen molar-refractivity contribution in [1.82, 2.24) is 5.32 Å². The van der Waals surface area contributed by atoms with Crippen LogP contribution in [0.1, 0.15) is 361 Å². The molecule has 0 aromatic heterocycles. The Morgan fingerprint density at radius 2 is 0.641 bits per heavy atom. The molecule has 0 aliphatic carbocycles. The summed E-state index contributed by atoms with van der Waals surface area (Å²) in [7, 11) is 0. The molecule has 3 rings (SSSR count). The maximum atomic E-state index is 13.5. The number of hydrogen-bond donors (Lipinski definition) is 12. The summed E-state index contributed by atoms with van der Waals surface area (Å²) in [4.78, 5) is 13.5. The summed E-state index contributed by atoms with van der Waals surface area (Å²) in [6.07, 6.45) is 54.3. The standard InChI is InChI=1S/C84H157NO18/c1-3-5-7-9-11-13-15-17-19-21-23-25-27-29-30-31-32-33-34-35-36-38-39-41-43-45-47-49-51-53-55-57-59-61-68(89)67(85-72(90)62-60-58-56-54-52-50-48-46-44-42-40-37-28-26-24-22-20-18-16-14-12-10-8-6-4-2)66-98-82-78(96)75(93)80(70(64-87)100-82)103-84-79(97)76(94)81(71(65-88)101-84)102-83-77(95)74(92)73(91)69(63-86)99-83/h16,18,22,24,59,61,67-71,73-84,86-89,91-97H,3-15,17,19-21,23,25-58,60,62-66H2,1-2H3,(H,85,90)/b18-16-,24-22-,61-59+. The molecule has 12 N–H and O–H groups in total. The molecule has 3 fully saturated rings. The molecular formula is C84H157NO18. The van der Waals surface area contributed by atoms with Crippen LogP contribution >= 0.6 is 0 Å². The number of hydrogen-bond acceptors (Lipinski definition) is 18. The van der Waals surface area contributed by atoms with Gasteiger partial charge in [0.05, 0.1) is 38.6 Å². The van der Waals surface area contributed by atoms with Gasteiger partial charge >= 0.3 is 0 Å². The monoisotopic (exact) mass is 1470 g/mol. The van der Waals surface area contributed by atoms with Crippen LogP contribution in [0.25, 0.3) is 0 Å². The number of ether oxygens (including phenoxy) is 6. The number of carbonyl (C=O) groups excluding carboxylic acids is 1. The number of aliphatic hydroxyl groups excluding tert-OH is 11. The fourth-order valence-electron chi connectivity index (χ4n) is 14.6. The van der Waals surface area contributed by atoms with Crippen molar-refractivity contribution in [1.29, 1.82) is 0 Å². The van der Waals surface area contributed by atoms with Gasteiger partial charge < -0.3 is 89.9 Å². The Balaban J connectivity index is 1.35. The van der Waals surface area contributed by atoms with Gasteiger partial charge in [-0.25, -0.2) is 0 Å². The molecule has 606 valence electrons. The van der Waals surface area contributed by atoms with Crippen LogP contribution in [0.4, 0.5) is 0 Å². The molecular weight excluding hydrogens is 1310 g/mol. The molecule has 103 heavy (non-hydrogen) atoms. The third kappa shape index (κ3) is 44.5. The fraction of sp³-hybridized carbons (Fsp3) is 0.917. The third-order valence-electron chi connectivity index (χ3n) is 21.4. The Labute approximate surface area is 625 Å². The number of carbonyl (C=O) groups is 1. The lowest BCUT2D eigenvalue weighted by Crippen LogP contribution is -2.66. The van der Waals surface area contributed by atoms with Crippen molar-refractivity contribution in [3.8, 4) is 0 Å². The predicted octanol–water partition coefficient (Wildman–Crippen LogP) is 15.1. The van der Waals surface area contributed by atoms with Crippen LogP contribution in [0.15, 0.2) is 36.5 Å². The maximum Gasteiger partial charge on any atom is 0.220 e. The lowest BCUT2D eigenvalue weighted by Gasteiger charge is -2.48. The molecule has 3 aliphatic rings. The maximum absolute atomic E-state index is 13.5. The summed E-state index contributed by atoms with van der Waals surface area (Å²) >= 11 is 0. The number of nitrogens with one attached hydrogen (secondary N) is 1. The zero-order chi connectivity index (χ0) is 74.6. The highest BCUT2D eigenvalue weighted by atomic mass is 16.8. The molecule has 0 aromatic carbocycles. The zero-order valence-electron chi connectivity index (χ0n) is 65.1. The van der Waals surface area contributed by atoms with E-state index in [1.807, 2.05) is 6.08 Å². The molecule has 0 radical (unpaired) electrons. The van der Waals surface area contributed by atoms with E-state index in [1.54, 1.807) is 6.08 Å². The summed E-state index contributed by atoms with van der Waals surface area (Å²) < 4.78 is 34.5. The van der Waals surface area contributed by atoms with Gasteiger partial charge in [0, 0.05) is 6.42 Å². The molecule has 19 heteroatoms.